The quantitative estimate of drug-likeness (QED) is 0.857. The number of amides is 1. The minimum Gasteiger partial charge on any atom is -0.300 e. The van der Waals surface area contributed by atoms with Gasteiger partial charge in [0.05, 0.1) is 22.2 Å². The molecule has 0 aliphatic carbocycles. The number of nitrogens with one attached hydrogen (secondary N) is 1. The maximum atomic E-state index is 12.1. The van der Waals surface area contributed by atoms with E-state index in [4.69, 9.17) is 5.26 Å². The van der Waals surface area contributed by atoms with Gasteiger partial charge in [-0.05, 0) is 54.1 Å². The van der Waals surface area contributed by atoms with Gasteiger partial charge in [0.15, 0.2) is 5.17 Å². The van der Waals surface area contributed by atoms with Crippen LogP contribution in [0.1, 0.15) is 16.7 Å². The summed E-state index contributed by atoms with van der Waals surface area (Å²) in [6, 6.07) is 16.9. The normalized spacial score (nSPS) is 17.3. The van der Waals surface area contributed by atoms with Crippen LogP contribution < -0.4 is 5.32 Å². The molecule has 112 valence electrons. The van der Waals surface area contributed by atoms with Crippen LogP contribution in [0.5, 0.6) is 0 Å². The van der Waals surface area contributed by atoms with Gasteiger partial charge in [0.1, 0.15) is 0 Å². The van der Waals surface area contributed by atoms with Crippen LogP contribution in [0.4, 0.5) is 5.69 Å². The highest BCUT2D eigenvalue weighted by Gasteiger charge is 2.23. The van der Waals surface area contributed by atoms with E-state index in [1.54, 1.807) is 18.2 Å². The Balaban J connectivity index is 1.83. The third-order valence-electron chi connectivity index (χ3n) is 3.33. The van der Waals surface area contributed by atoms with Gasteiger partial charge in [-0.1, -0.05) is 30.3 Å². The Morgan fingerprint density at radius 3 is 2.61 bits per heavy atom. The molecule has 3 rings (SSSR count). The minimum atomic E-state index is -0.160. The molecule has 1 amide bonds. The number of benzene rings is 2. The van der Waals surface area contributed by atoms with Crippen molar-refractivity contribution in [1.82, 2.24) is 5.32 Å². The summed E-state index contributed by atoms with van der Waals surface area (Å²) >= 11 is 1.31. The number of carbonyl (C=O) groups excluding carboxylic acids is 1. The van der Waals surface area contributed by atoms with Gasteiger partial charge in [-0.25, -0.2) is 4.99 Å². The van der Waals surface area contributed by atoms with E-state index in [-0.39, 0.29) is 5.91 Å². The molecule has 1 aliphatic heterocycles. The molecule has 0 bridgehead atoms. The van der Waals surface area contributed by atoms with E-state index in [0.717, 1.165) is 16.8 Å². The summed E-state index contributed by atoms with van der Waals surface area (Å²) in [4.78, 5) is 17.1. The lowest BCUT2D eigenvalue weighted by molar-refractivity contribution is -0.115. The van der Waals surface area contributed by atoms with E-state index in [0.29, 0.717) is 15.6 Å². The van der Waals surface area contributed by atoms with Gasteiger partial charge in [0, 0.05) is 0 Å². The van der Waals surface area contributed by atoms with Crippen molar-refractivity contribution in [3.8, 4) is 6.07 Å². The molecule has 5 heteroatoms. The first-order chi connectivity index (χ1) is 11.2. The summed E-state index contributed by atoms with van der Waals surface area (Å²) < 4.78 is 0. The number of para-hydroxylation sites is 1. The van der Waals surface area contributed by atoms with Gasteiger partial charge in [-0.15, -0.1) is 0 Å². The monoisotopic (exact) mass is 319 g/mol. The number of thioether (sulfide) groups is 1. The van der Waals surface area contributed by atoms with E-state index in [9.17, 15) is 4.79 Å². The summed E-state index contributed by atoms with van der Waals surface area (Å²) in [7, 11) is 0. The molecule has 0 aromatic heterocycles. The standard InChI is InChI=1S/C18H13N3OS/c1-12-4-2-3-5-15(12)20-18-21-17(22)16(23-18)10-13-6-8-14(11-19)9-7-13/h2-10H,1H3,(H,20,21,22)/b16-10+. The average molecular weight is 319 g/mol. The number of amidine groups is 1. The molecule has 1 saturated heterocycles. The molecule has 0 spiro atoms. The first-order valence-electron chi connectivity index (χ1n) is 7.01. The first-order valence-corrected chi connectivity index (χ1v) is 7.83. The van der Waals surface area contributed by atoms with E-state index >= 15 is 0 Å². The van der Waals surface area contributed by atoms with Crippen LogP contribution in [0.25, 0.3) is 6.08 Å². The van der Waals surface area contributed by atoms with E-state index in [1.807, 2.05) is 43.3 Å². The number of nitrogens with zero attached hydrogens (tertiary/aromatic N) is 2. The number of rotatable bonds is 2. The predicted octanol–water partition coefficient (Wildman–Crippen LogP) is 3.76. The summed E-state index contributed by atoms with van der Waals surface area (Å²) in [5.41, 5.74) is 3.37. The molecular weight excluding hydrogens is 306 g/mol. The zero-order valence-electron chi connectivity index (χ0n) is 12.4. The second kappa shape index (κ2) is 6.51. The summed E-state index contributed by atoms with van der Waals surface area (Å²) in [6.45, 7) is 1.98. The van der Waals surface area contributed by atoms with Crippen LogP contribution >= 0.6 is 11.8 Å². The Hall–Kier alpha value is -2.84. The van der Waals surface area contributed by atoms with Crippen molar-refractivity contribution in [3.63, 3.8) is 0 Å². The van der Waals surface area contributed by atoms with E-state index < -0.39 is 0 Å². The Labute approximate surface area is 138 Å². The van der Waals surface area contributed by atoms with E-state index in [2.05, 4.69) is 16.4 Å². The number of aliphatic imine (C=N–C) groups is 1. The van der Waals surface area contributed by atoms with Crippen molar-refractivity contribution in [2.75, 3.05) is 0 Å². The molecule has 1 fully saturated rings. The van der Waals surface area contributed by atoms with Crippen LogP contribution in [0.15, 0.2) is 58.4 Å². The maximum Gasteiger partial charge on any atom is 0.264 e. The fourth-order valence-corrected chi connectivity index (χ4v) is 2.92. The second-order valence-electron chi connectivity index (χ2n) is 5.00. The number of aryl methyl sites for hydroxylation is 1. The number of hydrogen-bond acceptors (Lipinski definition) is 4. The lowest BCUT2D eigenvalue weighted by atomic mass is 10.1. The van der Waals surface area contributed by atoms with Gasteiger partial charge in [0.2, 0.25) is 0 Å². The second-order valence-corrected chi connectivity index (χ2v) is 6.03. The van der Waals surface area contributed by atoms with Gasteiger partial charge in [-0.2, -0.15) is 5.26 Å². The summed E-state index contributed by atoms with van der Waals surface area (Å²) in [6.07, 6.45) is 1.79. The molecule has 4 nitrogen and oxygen atoms in total. The summed E-state index contributed by atoms with van der Waals surface area (Å²) in [5.74, 6) is -0.160. The molecule has 1 heterocycles. The fraction of sp³-hybridized carbons (Fsp3) is 0.0556. The molecule has 0 saturated carbocycles. The molecule has 0 unspecified atom stereocenters. The average Bonchev–Trinajstić information content (AvgIpc) is 2.90. The lowest BCUT2D eigenvalue weighted by Crippen LogP contribution is -2.19. The van der Waals surface area contributed by atoms with Crippen molar-refractivity contribution in [1.29, 1.82) is 5.26 Å². The molecular formula is C18H13N3OS. The largest absolute Gasteiger partial charge is 0.300 e. The van der Waals surface area contributed by atoms with Crippen molar-refractivity contribution < 1.29 is 4.79 Å². The van der Waals surface area contributed by atoms with E-state index in [1.165, 1.54) is 11.8 Å². The first kappa shape index (κ1) is 15.1. The van der Waals surface area contributed by atoms with Gasteiger partial charge in [0.25, 0.3) is 5.91 Å². The van der Waals surface area contributed by atoms with Crippen molar-refractivity contribution in [2.24, 2.45) is 4.99 Å². The molecule has 2 aromatic rings. The lowest BCUT2D eigenvalue weighted by Gasteiger charge is -1.99. The Kier molecular flexibility index (Phi) is 4.26. The fourth-order valence-electron chi connectivity index (χ4n) is 2.08. The maximum absolute atomic E-state index is 12.1. The topological polar surface area (TPSA) is 65.2 Å². The Morgan fingerprint density at radius 1 is 1.17 bits per heavy atom. The van der Waals surface area contributed by atoms with Gasteiger partial charge < -0.3 is 5.32 Å². The third-order valence-corrected chi connectivity index (χ3v) is 4.24. The smallest absolute Gasteiger partial charge is 0.264 e. The highest BCUT2D eigenvalue weighted by molar-refractivity contribution is 8.18. The Bertz CT molecular complexity index is 861. The highest BCUT2D eigenvalue weighted by atomic mass is 32.2. The van der Waals surface area contributed by atoms with Crippen LogP contribution in [-0.4, -0.2) is 11.1 Å². The van der Waals surface area contributed by atoms with Crippen molar-refractivity contribution >= 4 is 34.6 Å². The van der Waals surface area contributed by atoms with Crippen molar-refractivity contribution in [2.45, 2.75) is 6.92 Å². The molecule has 1 N–H and O–H groups in total. The Morgan fingerprint density at radius 2 is 1.91 bits per heavy atom. The minimum absolute atomic E-state index is 0.160. The third kappa shape index (κ3) is 3.50. The summed E-state index contributed by atoms with van der Waals surface area (Å²) in [5, 5.41) is 12.2. The SMILES string of the molecule is Cc1ccccc1N=C1NC(=O)/C(=C\c2ccc(C#N)cc2)S1. The molecule has 2 aromatic carbocycles. The molecule has 1 aliphatic rings. The van der Waals surface area contributed by atoms with Gasteiger partial charge in [-0.3, -0.25) is 4.79 Å². The van der Waals surface area contributed by atoms with Crippen molar-refractivity contribution in [3.05, 3.63) is 70.1 Å². The van der Waals surface area contributed by atoms with Crippen LogP contribution in [-0.2, 0) is 4.79 Å². The van der Waals surface area contributed by atoms with Gasteiger partial charge >= 0.3 is 0 Å². The molecule has 0 radical (unpaired) electrons. The predicted molar refractivity (Wildman–Crippen MR) is 93.1 cm³/mol. The number of nitriles is 1. The van der Waals surface area contributed by atoms with Crippen LogP contribution in [0, 0.1) is 18.3 Å². The molecule has 23 heavy (non-hydrogen) atoms. The zero-order chi connectivity index (χ0) is 16.2. The number of hydrogen-bond donors (Lipinski definition) is 1. The van der Waals surface area contributed by atoms with Crippen LogP contribution in [0.2, 0.25) is 0 Å². The number of carbonyl (C=O) groups is 1. The zero-order valence-corrected chi connectivity index (χ0v) is 13.2. The highest BCUT2D eigenvalue weighted by Crippen LogP contribution is 2.28. The van der Waals surface area contributed by atoms with Crippen LogP contribution in [0.3, 0.4) is 0 Å². The molecule has 0 atom stereocenters.